The highest BCUT2D eigenvalue weighted by Gasteiger charge is 2.17. The highest BCUT2D eigenvalue weighted by molar-refractivity contribution is 7.89. The summed E-state index contributed by atoms with van der Waals surface area (Å²) in [5, 5.41) is 6.68. The maximum Gasteiger partial charge on any atom is 0.242 e. The average molecular weight is 413 g/mol. The number of thiazole rings is 1. The standard InChI is InChI=1S/C20H20N4O2S2/c1-24(2)28(25,26)18-12-10-17(11-13-18)19-15-27-20(22-19)23-21-14-6-9-16-7-4-3-5-8-16/h3-15H,1-2H3,(H,22,23). The van der Waals surface area contributed by atoms with E-state index in [0.29, 0.717) is 5.13 Å². The Hall–Kier alpha value is -2.81. The van der Waals surface area contributed by atoms with Gasteiger partial charge in [0.15, 0.2) is 0 Å². The molecule has 0 bridgehead atoms. The minimum absolute atomic E-state index is 0.254. The zero-order chi connectivity index (χ0) is 20.0. The largest absolute Gasteiger partial charge is 0.253 e. The Kier molecular flexibility index (Phi) is 6.35. The third-order valence-electron chi connectivity index (χ3n) is 3.84. The van der Waals surface area contributed by atoms with Gasteiger partial charge in [-0.15, -0.1) is 11.3 Å². The van der Waals surface area contributed by atoms with Crippen LogP contribution in [0.1, 0.15) is 5.56 Å². The molecule has 0 aliphatic heterocycles. The molecule has 3 rings (SSSR count). The quantitative estimate of drug-likeness (QED) is 0.467. The third-order valence-corrected chi connectivity index (χ3v) is 6.42. The summed E-state index contributed by atoms with van der Waals surface area (Å²) in [6.07, 6.45) is 5.47. The molecule has 0 amide bonds. The molecule has 6 nitrogen and oxygen atoms in total. The van der Waals surface area contributed by atoms with Crippen molar-refractivity contribution >= 4 is 38.8 Å². The van der Waals surface area contributed by atoms with Crippen molar-refractivity contribution in [1.82, 2.24) is 9.29 Å². The Labute approximate surface area is 168 Å². The van der Waals surface area contributed by atoms with E-state index in [1.54, 1.807) is 30.5 Å². The molecule has 0 saturated heterocycles. The van der Waals surface area contributed by atoms with Crippen molar-refractivity contribution in [1.29, 1.82) is 0 Å². The molecule has 1 heterocycles. The van der Waals surface area contributed by atoms with Gasteiger partial charge in [0, 0.05) is 31.3 Å². The first-order valence-electron chi connectivity index (χ1n) is 8.46. The lowest BCUT2D eigenvalue weighted by atomic mass is 10.2. The highest BCUT2D eigenvalue weighted by atomic mass is 32.2. The number of hydrogen-bond acceptors (Lipinski definition) is 6. The molecule has 1 N–H and O–H groups in total. The van der Waals surface area contributed by atoms with Crippen LogP contribution in [0.2, 0.25) is 0 Å². The molecule has 0 atom stereocenters. The summed E-state index contributed by atoms with van der Waals surface area (Å²) in [4.78, 5) is 4.73. The fraction of sp³-hybridized carbons (Fsp3) is 0.100. The van der Waals surface area contributed by atoms with Crippen molar-refractivity contribution in [2.75, 3.05) is 19.5 Å². The molecule has 8 heteroatoms. The molecule has 0 unspecified atom stereocenters. The highest BCUT2D eigenvalue weighted by Crippen LogP contribution is 2.26. The number of allylic oxidation sites excluding steroid dienone is 1. The Bertz CT molecular complexity index is 1070. The first kappa shape index (κ1) is 19.9. The van der Waals surface area contributed by atoms with Crippen LogP contribution in [0, 0.1) is 0 Å². The van der Waals surface area contributed by atoms with Crippen molar-refractivity contribution in [2.45, 2.75) is 4.90 Å². The lowest BCUT2D eigenvalue weighted by Gasteiger charge is -2.11. The second-order valence-electron chi connectivity index (χ2n) is 6.01. The number of benzene rings is 2. The number of sulfonamides is 1. The van der Waals surface area contributed by atoms with Crippen LogP contribution in [0.3, 0.4) is 0 Å². The van der Waals surface area contributed by atoms with Gasteiger partial charge in [-0.2, -0.15) is 5.10 Å². The molecular formula is C20H20N4O2S2. The van der Waals surface area contributed by atoms with Crippen molar-refractivity contribution < 1.29 is 8.42 Å². The van der Waals surface area contributed by atoms with E-state index < -0.39 is 10.0 Å². The molecule has 0 fully saturated rings. The van der Waals surface area contributed by atoms with Crippen LogP contribution in [0.15, 0.2) is 76.1 Å². The van der Waals surface area contributed by atoms with E-state index in [1.807, 2.05) is 47.9 Å². The van der Waals surface area contributed by atoms with Crippen LogP contribution in [-0.4, -0.2) is 38.0 Å². The number of anilines is 1. The Morgan fingerprint density at radius 2 is 1.79 bits per heavy atom. The fourth-order valence-corrected chi connectivity index (χ4v) is 3.89. The molecular weight excluding hydrogens is 392 g/mol. The molecule has 0 saturated carbocycles. The van der Waals surface area contributed by atoms with E-state index in [-0.39, 0.29) is 4.90 Å². The van der Waals surface area contributed by atoms with Gasteiger partial charge in [0.05, 0.1) is 10.6 Å². The molecule has 0 spiro atoms. The van der Waals surface area contributed by atoms with Gasteiger partial charge in [0.2, 0.25) is 15.2 Å². The first-order chi connectivity index (χ1) is 13.5. The topological polar surface area (TPSA) is 74.7 Å². The molecule has 0 aliphatic carbocycles. The Balaban J connectivity index is 1.62. The minimum atomic E-state index is -3.43. The van der Waals surface area contributed by atoms with E-state index in [9.17, 15) is 8.42 Å². The summed E-state index contributed by atoms with van der Waals surface area (Å²) in [5.41, 5.74) is 5.60. The van der Waals surface area contributed by atoms with Gasteiger partial charge in [0.1, 0.15) is 0 Å². The second-order valence-corrected chi connectivity index (χ2v) is 9.02. The normalized spacial score (nSPS) is 12.2. The van der Waals surface area contributed by atoms with Gasteiger partial charge in [-0.25, -0.2) is 17.7 Å². The molecule has 3 aromatic rings. The molecule has 0 aliphatic rings. The van der Waals surface area contributed by atoms with Crippen molar-refractivity contribution in [3.8, 4) is 11.3 Å². The van der Waals surface area contributed by atoms with E-state index in [1.165, 1.54) is 29.7 Å². The van der Waals surface area contributed by atoms with Crippen LogP contribution < -0.4 is 5.43 Å². The minimum Gasteiger partial charge on any atom is -0.253 e. The summed E-state index contributed by atoms with van der Waals surface area (Å²) < 4.78 is 25.4. The summed E-state index contributed by atoms with van der Waals surface area (Å²) in [5.74, 6) is 0. The molecule has 28 heavy (non-hydrogen) atoms. The van der Waals surface area contributed by atoms with E-state index in [2.05, 4.69) is 15.5 Å². The zero-order valence-electron chi connectivity index (χ0n) is 15.5. The van der Waals surface area contributed by atoms with Crippen molar-refractivity contribution in [3.05, 3.63) is 71.6 Å². The van der Waals surface area contributed by atoms with Crippen LogP contribution in [-0.2, 0) is 10.0 Å². The van der Waals surface area contributed by atoms with Crippen molar-refractivity contribution in [3.63, 3.8) is 0 Å². The monoisotopic (exact) mass is 412 g/mol. The third kappa shape index (κ3) is 4.92. The summed E-state index contributed by atoms with van der Waals surface area (Å²) in [6.45, 7) is 0. The lowest BCUT2D eigenvalue weighted by molar-refractivity contribution is 0.521. The second kappa shape index (κ2) is 8.92. The number of aromatic nitrogens is 1. The van der Waals surface area contributed by atoms with Gasteiger partial charge in [-0.3, -0.25) is 5.43 Å². The Morgan fingerprint density at radius 3 is 2.46 bits per heavy atom. The summed E-state index contributed by atoms with van der Waals surface area (Å²) >= 11 is 1.43. The van der Waals surface area contributed by atoms with Crippen LogP contribution in [0.4, 0.5) is 5.13 Å². The van der Waals surface area contributed by atoms with E-state index in [0.717, 1.165) is 16.8 Å². The number of hydrogen-bond donors (Lipinski definition) is 1. The van der Waals surface area contributed by atoms with E-state index in [4.69, 9.17) is 0 Å². The average Bonchev–Trinajstić information content (AvgIpc) is 3.17. The molecule has 0 radical (unpaired) electrons. The smallest absolute Gasteiger partial charge is 0.242 e. The number of nitrogens with zero attached hydrogens (tertiary/aromatic N) is 3. The van der Waals surface area contributed by atoms with Gasteiger partial charge >= 0.3 is 0 Å². The zero-order valence-corrected chi connectivity index (χ0v) is 17.1. The summed E-state index contributed by atoms with van der Waals surface area (Å²) in [7, 11) is -0.408. The van der Waals surface area contributed by atoms with Gasteiger partial charge in [-0.05, 0) is 23.8 Å². The van der Waals surface area contributed by atoms with Gasteiger partial charge in [-0.1, -0.05) is 48.5 Å². The number of nitrogens with one attached hydrogen (secondary N) is 1. The molecule has 2 aromatic carbocycles. The lowest BCUT2D eigenvalue weighted by Crippen LogP contribution is -2.22. The predicted octanol–water partition coefficient (Wildman–Crippen LogP) is 4.17. The maximum absolute atomic E-state index is 12.1. The van der Waals surface area contributed by atoms with E-state index >= 15 is 0 Å². The van der Waals surface area contributed by atoms with Gasteiger partial charge < -0.3 is 0 Å². The Morgan fingerprint density at radius 1 is 1.07 bits per heavy atom. The summed E-state index contributed by atoms with van der Waals surface area (Å²) in [6, 6.07) is 16.6. The number of hydrazone groups is 1. The first-order valence-corrected chi connectivity index (χ1v) is 10.8. The van der Waals surface area contributed by atoms with Crippen molar-refractivity contribution in [2.24, 2.45) is 5.10 Å². The number of rotatable bonds is 7. The maximum atomic E-state index is 12.1. The predicted molar refractivity (Wildman–Crippen MR) is 116 cm³/mol. The van der Waals surface area contributed by atoms with Crippen LogP contribution in [0.25, 0.3) is 17.3 Å². The van der Waals surface area contributed by atoms with Crippen LogP contribution in [0.5, 0.6) is 0 Å². The molecule has 1 aromatic heterocycles. The van der Waals surface area contributed by atoms with Crippen LogP contribution >= 0.6 is 11.3 Å². The molecule has 144 valence electrons. The fourth-order valence-electron chi connectivity index (χ4n) is 2.32. The SMILES string of the molecule is CN(C)S(=O)(=O)c1ccc(-c2csc(NN=CC=Cc3ccccc3)n2)cc1. The van der Waals surface area contributed by atoms with Gasteiger partial charge in [0.25, 0.3) is 0 Å².